The molecule has 166 valence electrons. The average molecular weight is 417 g/mol. The molecule has 2 aromatic carbocycles. The zero-order valence-electron chi connectivity index (χ0n) is 19.5. The zero-order valence-corrected chi connectivity index (χ0v) is 19.5. The van der Waals surface area contributed by atoms with Crippen LogP contribution in [0.4, 0.5) is 0 Å². The number of fused-ring (bicyclic) bond motifs is 1. The molecule has 0 radical (unpaired) electrons. The summed E-state index contributed by atoms with van der Waals surface area (Å²) in [5.74, 6) is 3.79. The van der Waals surface area contributed by atoms with Crippen molar-refractivity contribution in [3.63, 3.8) is 0 Å². The third-order valence-electron chi connectivity index (χ3n) is 7.76. The number of hydrogen-bond acceptors (Lipinski definition) is 1. The molecule has 2 aliphatic rings. The minimum atomic E-state index is 0.812. The van der Waals surface area contributed by atoms with Gasteiger partial charge in [-0.3, -0.25) is 0 Å². The van der Waals surface area contributed by atoms with Crippen molar-refractivity contribution in [1.82, 2.24) is 0 Å². The van der Waals surface area contributed by atoms with Crippen molar-refractivity contribution < 1.29 is 4.74 Å². The van der Waals surface area contributed by atoms with Gasteiger partial charge in [-0.25, -0.2) is 0 Å². The van der Waals surface area contributed by atoms with Gasteiger partial charge in [-0.05, 0) is 104 Å². The Hall–Kier alpha value is -2.02. The van der Waals surface area contributed by atoms with E-state index in [2.05, 4.69) is 62.0 Å². The summed E-state index contributed by atoms with van der Waals surface area (Å²) in [6.07, 6.45) is 16.6. The number of allylic oxidation sites excluding steroid dienone is 1. The largest absolute Gasteiger partial charge is 0.494 e. The second-order valence-corrected chi connectivity index (χ2v) is 9.86. The Kier molecular flexibility index (Phi) is 7.89. The van der Waals surface area contributed by atoms with E-state index in [1.165, 1.54) is 75.3 Å². The van der Waals surface area contributed by atoms with E-state index < -0.39 is 0 Å². The highest BCUT2D eigenvalue weighted by Crippen LogP contribution is 2.41. The molecule has 0 heterocycles. The third-order valence-corrected chi connectivity index (χ3v) is 7.76. The van der Waals surface area contributed by atoms with E-state index in [9.17, 15) is 0 Å². The minimum Gasteiger partial charge on any atom is -0.494 e. The van der Waals surface area contributed by atoms with Crippen LogP contribution < -0.4 is 4.74 Å². The highest BCUT2D eigenvalue weighted by Gasteiger charge is 2.30. The minimum absolute atomic E-state index is 0.812. The van der Waals surface area contributed by atoms with Gasteiger partial charge in [-0.2, -0.15) is 0 Å². The first-order chi connectivity index (χ1) is 15.3. The van der Waals surface area contributed by atoms with Crippen LogP contribution in [0.25, 0.3) is 11.1 Å². The lowest BCUT2D eigenvalue weighted by atomic mass is 9.69. The summed E-state index contributed by atoms with van der Waals surface area (Å²) < 4.78 is 5.82. The van der Waals surface area contributed by atoms with E-state index in [-0.39, 0.29) is 0 Å². The van der Waals surface area contributed by atoms with Gasteiger partial charge in [0.2, 0.25) is 0 Å². The van der Waals surface area contributed by atoms with Gasteiger partial charge in [0.1, 0.15) is 5.75 Å². The first kappa shape index (κ1) is 22.2. The number of benzene rings is 2. The van der Waals surface area contributed by atoms with Crippen LogP contribution >= 0.6 is 0 Å². The van der Waals surface area contributed by atoms with Crippen molar-refractivity contribution in [1.29, 1.82) is 0 Å². The molecule has 1 unspecified atom stereocenters. The Bertz CT molecular complexity index is 826. The predicted molar refractivity (Wildman–Crippen MR) is 133 cm³/mol. The maximum atomic E-state index is 5.82. The molecule has 1 heteroatoms. The fourth-order valence-electron chi connectivity index (χ4n) is 5.74. The quantitative estimate of drug-likeness (QED) is 0.294. The van der Waals surface area contributed by atoms with Crippen LogP contribution in [0.15, 0.2) is 55.1 Å². The summed E-state index contributed by atoms with van der Waals surface area (Å²) in [4.78, 5) is 0. The highest BCUT2D eigenvalue weighted by atomic mass is 16.5. The van der Waals surface area contributed by atoms with Crippen molar-refractivity contribution in [2.24, 2.45) is 17.8 Å². The predicted octanol–water partition coefficient (Wildman–Crippen LogP) is 8.41. The van der Waals surface area contributed by atoms with Crippen LogP contribution in [-0.2, 0) is 12.8 Å². The third kappa shape index (κ3) is 5.82. The fourth-order valence-corrected chi connectivity index (χ4v) is 5.74. The molecule has 1 nitrogen and oxygen atoms in total. The highest BCUT2D eigenvalue weighted by molar-refractivity contribution is 5.66. The molecule has 0 amide bonds. The van der Waals surface area contributed by atoms with Gasteiger partial charge in [0, 0.05) is 0 Å². The van der Waals surface area contributed by atoms with Crippen LogP contribution in [0.5, 0.6) is 5.75 Å². The number of unbranched alkanes of at least 4 members (excludes halogenated alkanes) is 1. The number of aryl methyl sites for hydroxylation is 1. The second kappa shape index (κ2) is 11.0. The van der Waals surface area contributed by atoms with Crippen LogP contribution in [0.1, 0.15) is 75.8 Å². The molecule has 1 saturated carbocycles. The molecule has 1 atom stereocenters. The standard InChI is InChI=1S/C30H40O/c1-3-5-7-23-8-10-24(11-9-23)26-12-14-29-22-27(13-15-28(29)21-26)25-16-18-30(19-17-25)31-20-6-4-2/h3,13,15-19,22-24,26H,1,4-12,14,20-21H2,2H3. The van der Waals surface area contributed by atoms with Gasteiger partial charge < -0.3 is 4.74 Å². The van der Waals surface area contributed by atoms with Crippen LogP contribution in [0.3, 0.4) is 0 Å². The Morgan fingerprint density at radius 1 is 0.903 bits per heavy atom. The zero-order chi connectivity index (χ0) is 21.5. The van der Waals surface area contributed by atoms with Gasteiger partial charge in [-0.1, -0.05) is 62.6 Å². The maximum Gasteiger partial charge on any atom is 0.119 e. The van der Waals surface area contributed by atoms with Crippen molar-refractivity contribution in [3.8, 4) is 16.9 Å². The smallest absolute Gasteiger partial charge is 0.119 e. The number of ether oxygens (including phenoxy) is 1. The first-order valence-corrected chi connectivity index (χ1v) is 12.7. The van der Waals surface area contributed by atoms with Crippen LogP contribution in [0.2, 0.25) is 0 Å². The summed E-state index contributed by atoms with van der Waals surface area (Å²) in [6.45, 7) is 6.90. The van der Waals surface area contributed by atoms with Gasteiger partial charge >= 0.3 is 0 Å². The van der Waals surface area contributed by atoms with E-state index in [1.807, 2.05) is 0 Å². The van der Waals surface area contributed by atoms with Gasteiger partial charge in [0.05, 0.1) is 6.61 Å². The molecule has 0 bridgehead atoms. The lowest BCUT2D eigenvalue weighted by molar-refractivity contribution is 0.185. The molecule has 0 aliphatic heterocycles. The first-order valence-electron chi connectivity index (χ1n) is 12.7. The van der Waals surface area contributed by atoms with Crippen molar-refractivity contribution in [2.45, 2.75) is 77.6 Å². The Morgan fingerprint density at radius 2 is 1.68 bits per heavy atom. The van der Waals surface area contributed by atoms with Crippen LogP contribution in [0, 0.1) is 17.8 Å². The average Bonchev–Trinajstić information content (AvgIpc) is 2.83. The number of hydrogen-bond donors (Lipinski definition) is 0. The Morgan fingerprint density at radius 3 is 2.42 bits per heavy atom. The molecule has 2 aromatic rings. The van der Waals surface area contributed by atoms with E-state index in [1.54, 1.807) is 11.1 Å². The lowest BCUT2D eigenvalue weighted by Crippen LogP contribution is -2.26. The van der Waals surface area contributed by atoms with Gasteiger partial charge in [0.25, 0.3) is 0 Å². The van der Waals surface area contributed by atoms with Crippen molar-refractivity contribution in [2.75, 3.05) is 6.61 Å². The molecule has 0 saturated heterocycles. The molecule has 0 spiro atoms. The molecule has 1 fully saturated rings. The summed E-state index contributed by atoms with van der Waals surface area (Å²) >= 11 is 0. The van der Waals surface area contributed by atoms with Gasteiger partial charge in [-0.15, -0.1) is 6.58 Å². The van der Waals surface area contributed by atoms with Crippen molar-refractivity contribution in [3.05, 3.63) is 66.2 Å². The molecular formula is C30H40O. The Balaban J connectivity index is 1.34. The number of rotatable bonds is 9. The summed E-state index contributed by atoms with van der Waals surface area (Å²) in [5, 5.41) is 0. The maximum absolute atomic E-state index is 5.82. The normalized spacial score (nSPS) is 23.2. The summed E-state index contributed by atoms with van der Waals surface area (Å²) in [7, 11) is 0. The summed E-state index contributed by atoms with van der Waals surface area (Å²) in [6, 6.07) is 15.8. The lowest BCUT2D eigenvalue weighted by Gasteiger charge is -2.36. The monoisotopic (exact) mass is 416 g/mol. The Labute approximate surface area is 189 Å². The fraction of sp³-hybridized carbons (Fsp3) is 0.533. The SMILES string of the molecule is C=CCCC1CCC(C2CCc3cc(-c4ccc(OCCCC)cc4)ccc3C2)CC1. The molecule has 4 rings (SSSR count). The van der Waals surface area contributed by atoms with E-state index >= 15 is 0 Å². The molecule has 2 aliphatic carbocycles. The van der Waals surface area contributed by atoms with E-state index in [0.29, 0.717) is 0 Å². The second-order valence-electron chi connectivity index (χ2n) is 9.86. The van der Waals surface area contributed by atoms with Gasteiger partial charge in [0.15, 0.2) is 0 Å². The molecule has 0 N–H and O–H groups in total. The molecular weight excluding hydrogens is 376 g/mol. The van der Waals surface area contributed by atoms with E-state index in [4.69, 9.17) is 4.74 Å². The van der Waals surface area contributed by atoms with Crippen molar-refractivity contribution >= 4 is 0 Å². The molecule has 0 aromatic heterocycles. The topological polar surface area (TPSA) is 9.23 Å². The molecule has 31 heavy (non-hydrogen) atoms. The van der Waals surface area contributed by atoms with Crippen LogP contribution in [-0.4, -0.2) is 6.61 Å². The van der Waals surface area contributed by atoms with E-state index in [0.717, 1.165) is 36.5 Å². The summed E-state index contributed by atoms with van der Waals surface area (Å²) in [5.41, 5.74) is 5.83.